The van der Waals surface area contributed by atoms with E-state index >= 15 is 0 Å². The summed E-state index contributed by atoms with van der Waals surface area (Å²) in [6.07, 6.45) is 7.19. The van der Waals surface area contributed by atoms with Crippen molar-refractivity contribution in [1.82, 2.24) is 10.6 Å². The SMILES string of the molecule is N#CC(c1ccccc1)C1CCCCN1.N#CC(c1ccccc1)C1CCCCN1.O=C(O)C(=O)O. The van der Waals surface area contributed by atoms with Crippen LogP contribution in [0.15, 0.2) is 60.7 Å². The second-order valence-corrected chi connectivity index (χ2v) is 8.76. The van der Waals surface area contributed by atoms with Crippen molar-refractivity contribution < 1.29 is 19.8 Å². The number of benzene rings is 2. The molecule has 36 heavy (non-hydrogen) atoms. The zero-order valence-corrected chi connectivity index (χ0v) is 20.3. The number of nitrogens with one attached hydrogen (secondary N) is 2. The highest BCUT2D eigenvalue weighted by Gasteiger charge is 2.25. The van der Waals surface area contributed by atoms with Crippen molar-refractivity contribution in [3.63, 3.8) is 0 Å². The first kappa shape index (κ1) is 28.5. The molecule has 0 amide bonds. The second-order valence-electron chi connectivity index (χ2n) is 8.76. The van der Waals surface area contributed by atoms with Gasteiger partial charge in [0.1, 0.15) is 0 Å². The molecule has 2 aromatic carbocycles. The lowest BCUT2D eigenvalue weighted by atomic mass is 9.88. The highest BCUT2D eigenvalue weighted by atomic mass is 16.4. The molecule has 0 aromatic heterocycles. The van der Waals surface area contributed by atoms with Crippen molar-refractivity contribution in [3.05, 3.63) is 71.8 Å². The van der Waals surface area contributed by atoms with Gasteiger partial charge in [0.25, 0.3) is 0 Å². The zero-order valence-electron chi connectivity index (χ0n) is 20.3. The third kappa shape index (κ3) is 9.50. The molecule has 8 heteroatoms. The second kappa shape index (κ2) is 16.0. The van der Waals surface area contributed by atoms with Gasteiger partial charge in [-0.05, 0) is 49.9 Å². The molecule has 190 valence electrons. The van der Waals surface area contributed by atoms with Gasteiger partial charge < -0.3 is 20.8 Å². The van der Waals surface area contributed by atoms with E-state index in [1.807, 2.05) is 60.7 Å². The van der Waals surface area contributed by atoms with Gasteiger partial charge in [0, 0.05) is 12.1 Å². The number of rotatable bonds is 4. The van der Waals surface area contributed by atoms with E-state index in [0.717, 1.165) is 37.1 Å². The quantitative estimate of drug-likeness (QED) is 0.470. The molecule has 2 fully saturated rings. The Morgan fingerprint density at radius 3 is 1.31 bits per heavy atom. The van der Waals surface area contributed by atoms with Crippen LogP contribution in [0.2, 0.25) is 0 Å². The van der Waals surface area contributed by atoms with Crippen LogP contribution in [0.1, 0.15) is 61.5 Å². The summed E-state index contributed by atoms with van der Waals surface area (Å²) < 4.78 is 0. The standard InChI is InChI=1S/2C13H16N2.C2H2O4/c2*14-10-12(11-6-2-1-3-7-11)13-8-4-5-9-15-13;3-1(4)2(5)6/h2*1-3,6-7,12-13,15H,4-5,8-9H2;(H,3,4)(H,5,6). The molecule has 4 rings (SSSR count). The number of carboxylic acid groups (broad SMARTS) is 2. The first-order valence-electron chi connectivity index (χ1n) is 12.3. The normalized spacial score (nSPS) is 20.4. The highest BCUT2D eigenvalue weighted by molar-refractivity contribution is 6.27. The summed E-state index contributed by atoms with van der Waals surface area (Å²) in [6.45, 7) is 2.10. The third-order valence-electron chi connectivity index (χ3n) is 6.28. The van der Waals surface area contributed by atoms with E-state index in [9.17, 15) is 10.5 Å². The molecule has 0 radical (unpaired) electrons. The minimum Gasteiger partial charge on any atom is -0.473 e. The molecule has 2 aromatic rings. The Hall–Kier alpha value is -3.72. The summed E-state index contributed by atoms with van der Waals surface area (Å²) in [4.78, 5) is 18.2. The molecule has 0 spiro atoms. The molecule has 2 heterocycles. The maximum Gasteiger partial charge on any atom is 0.414 e. The molecule has 8 nitrogen and oxygen atoms in total. The van der Waals surface area contributed by atoms with Crippen LogP contribution in [-0.4, -0.2) is 47.3 Å². The predicted molar refractivity (Wildman–Crippen MR) is 136 cm³/mol. The summed E-state index contributed by atoms with van der Waals surface area (Å²) >= 11 is 0. The molecule has 2 aliphatic heterocycles. The Morgan fingerprint density at radius 1 is 0.694 bits per heavy atom. The Morgan fingerprint density at radius 2 is 1.06 bits per heavy atom. The van der Waals surface area contributed by atoms with Crippen molar-refractivity contribution >= 4 is 11.9 Å². The summed E-state index contributed by atoms with van der Waals surface area (Å²) in [5.74, 6) is -3.64. The number of nitriles is 2. The molecule has 4 N–H and O–H groups in total. The number of aliphatic carboxylic acids is 2. The van der Waals surface area contributed by atoms with Crippen LogP contribution in [0.25, 0.3) is 0 Å². The topological polar surface area (TPSA) is 146 Å². The molecule has 0 saturated carbocycles. The maximum absolute atomic E-state index is 9.24. The molecular formula is C28H34N4O4. The Bertz CT molecular complexity index is 922. The smallest absolute Gasteiger partial charge is 0.414 e. The van der Waals surface area contributed by atoms with Crippen molar-refractivity contribution in [2.75, 3.05) is 13.1 Å². The van der Waals surface area contributed by atoms with Crippen LogP contribution < -0.4 is 10.6 Å². The Labute approximate surface area is 212 Å². The van der Waals surface area contributed by atoms with Gasteiger partial charge in [-0.15, -0.1) is 0 Å². The average Bonchev–Trinajstić information content (AvgIpc) is 2.93. The summed E-state index contributed by atoms with van der Waals surface area (Å²) in [5.41, 5.74) is 2.28. The Balaban J connectivity index is 0.000000208. The van der Waals surface area contributed by atoms with E-state index in [4.69, 9.17) is 19.8 Å². The zero-order chi connectivity index (χ0) is 26.2. The fourth-order valence-corrected chi connectivity index (χ4v) is 4.44. The minimum absolute atomic E-state index is 0.00602. The number of piperidine rings is 2. The van der Waals surface area contributed by atoms with Gasteiger partial charge in [-0.3, -0.25) is 0 Å². The van der Waals surface area contributed by atoms with Crippen molar-refractivity contribution in [2.45, 2.75) is 62.4 Å². The van der Waals surface area contributed by atoms with E-state index < -0.39 is 11.9 Å². The lowest BCUT2D eigenvalue weighted by Gasteiger charge is -2.27. The lowest BCUT2D eigenvalue weighted by Crippen LogP contribution is -2.38. The fourth-order valence-electron chi connectivity index (χ4n) is 4.44. The fraction of sp³-hybridized carbons (Fsp3) is 0.429. The van der Waals surface area contributed by atoms with Gasteiger partial charge in [0.05, 0.1) is 24.0 Å². The molecule has 0 bridgehead atoms. The van der Waals surface area contributed by atoms with E-state index in [-0.39, 0.29) is 11.8 Å². The van der Waals surface area contributed by atoms with Gasteiger partial charge in [-0.25, -0.2) is 9.59 Å². The van der Waals surface area contributed by atoms with E-state index in [1.165, 1.54) is 25.7 Å². The number of hydrogen-bond acceptors (Lipinski definition) is 6. The number of hydrogen-bond donors (Lipinski definition) is 4. The van der Waals surface area contributed by atoms with Gasteiger partial charge in [0.2, 0.25) is 0 Å². The van der Waals surface area contributed by atoms with Crippen molar-refractivity contribution in [3.8, 4) is 12.1 Å². The van der Waals surface area contributed by atoms with Gasteiger partial charge in [-0.2, -0.15) is 10.5 Å². The maximum atomic E-state index is 9.24. The van der Waals surface area contributed by atoms with E-state index in [2.05, 4.69) is 22.8 Å². The monoisotopic (exact) mass is 490 g/mol. The van der Waals surface area contributed by atoms with Gasteiger partial charge in [0.15, 0.2) is 0 Å². The lowest BCUT2D eigenvalue weighted by molar-refractivity contribution is -0.159. The van der Waals surface area contributed by atoms with Gasteiger partial charge >= 0.3 is 11.9 Å². The average molecular weight is 491 g/mol. The number of nitrogens with zero attached hydrogens (tertiary/aromatic N) is 2. The van der Waals surface area contributed by atoms with Crippen molar-refractivity contribution in [2.24, 2.45) is 0 Å². The summed E-state index contributed by atoms with van der Waals surface area (Å²) in [5, 5.41) is 40.2. The van der Waals surface area contributed by atoms with Crippen LogP contribution in [0, 0.1) is 22.7 Å². The summed E-state index contributed by atoms with van der Waals surface area (Å²) in [7, 11) is 0. The Kier molecular flexibility index (Phi) is 12.7. The first-order valence-corrected chi connectivity index (χ1v) is 12.3. The number of carboxylic acids is 2. The molecule has 4 atom stereocenters. The van der Waals surface area contributed by atoms with Crippen molar-refractivity contribution in [1.29, 1.82) is 10.5 Å². The molecule has 0 aliphatic carbocycles. The summed E-state index contributed by atoms with van der Waals surface area (Å²) in [6, 6.07) is 25.7. The predicted octanol–water partition coefficient (Wildman–Crippen LogP) is 4.03. The first-order chi connectivity index (χ1) is 17.5. The third-order valence-corrected chi connectivity index (χ3v) is 6.28. The van der Waals surface area contributed by atoms with Crippen LogP contribution in [0.5, 0.6) is 0 Å². The van der Waals surface area contributed by atoms with Crippen LogP contribution in [0.3, 0.4) is 0 Å². The molecule has 2 saturated heterocycles. The van der Waals surface area contributed by atoms with Crippen LogP contribution >= 0.6 is 0 Å². The molecule has 2 aliphatic rings. The van der Waals surface area contributed by atoms with E-state index in [1.54, 1.807) is 0 Å². The van der Waals surface area contributed by atoms with Crippen LogP contribution in [-0.2, 0) is 9.59 Å². The van der Waals surface area contributed by atoms with Gasteiger partial charge in [-0.1, -0.05) is 73.5 Å². The minimum atomic E-state index is -1.82. The highest BCUT2D eigenvalue weighted by Crippen LogP contribution is 2.25. The van der Waals surface area contributed by atoms with E-state index in [0.29, 0.717) is 12.1 Å². The van der Waals surface area contributed by atoms with Crippen LogP contribution in [0.4, 0.5) is 0 Å². The number of carbonyl (C=O) groups is 2. The molecular weight excluding hydrogens is 456 g/mol. The molecule has 4 unspecified atom stereocenters. The largest absolute Gasteiger partial charge is 0.473 e.